The van der Waals surface area contributed by atoms with Crippen molar-refractivity contribution in [2.45, 2.75) is 64.5 Å². The maximum absolute atomic E-state index is 4.35. The summed E-state index contributed by atoms with van der Waals surface area (Å²) in [5.74, 6) is 0.898. The minimum Gasteiger partial charge on any atom is -0.356 e. The number of aliphatic imine (C=N–C) groups is 1. The van der Waals surface area contributed by atoms with Crippen molar-refractivity contribution < 1.29 is 0 Å². The first-order valence-corrected chi connectivity index (χ1v) is 11.6. The molecule has 1 saturated heterocycles. The van der Waals surface area contributed by atoms with E-state index in [-0.39, 0.29) is 24.0 Å². The van der Waals surface area contributed by atoms with E-state index >= 15 is 0 Å². The number of unbranched alkanes of at least 4 members (excludes halogenated alkanes) is 4. The third kappa shape index (κ3) is 12.1. The summed E-state index contributed by atoms with van der Waals surface area (Å²) < 4.78 is 0. The molecule has 1 aliphatic heterocycles. The molecule has 2 N–H and O–H groups in total. The maximum atomic E-state index is 4.35. The molecule has 0 bridgehead atoms. The highest BCUT2D eigenvalue weighted by atomic mass is 127. The van der Waals surface area contributed by atoms with Gasteiger partial charge in [0.15, 0.2) is 5.96 Å². The molecule has 172 valence electrons. The Hall–Kier alpha value is -0.860. The molecule has 1 aliphatic rings. The second-order valence-electron chi connectivity index (χ2n) is 8.58. The molecule has 0 spiro atoms. The van der Waals surface area contributed by atoms with Crippen LogP contribution in [0.2, 0.25) is 0 Å². The Morgan fingerprint density at radius 3 is 2.20 bits per heavy atom. The Morgan fingerprint density at radius 2 is 1.53 bits per heavy atom. The second kappa shape index (κ2) is 16.8. The topological polar surface area (TPSA) is 42.9 Å². The standard InChI is InChI=1S/C24H43N5.HI/c1-25-24(26-16-8-5-4-6-9-17-28(2)3)27-20-22-12-14-23(15-13-22)21-29-18-10-7-11-19-29;/h12-15H,4-11,16-21H2,1-3H3,(H2,25,26,27);1H. The number of rotatable bonds is 12. The molecule has 2 rings (SSSR count). The smallest absolute Gasteiger partial charge is 0.191 e. The number of benzene rings is 1. The van der Waals surface area contributed by atoms with Gasteiger partial charge in [0.25, 0.3) is 0 Å². The molecule has 1 fully saturated rings. The lowest BCUT2D eigenvalue weighted by atomic mass is 10.1. The molecular formula is C24H44IN5. The van der Waals surface area contributed by atoms with Gasteiger partial charge in [0.05, 0.1) is 0 Å². The minimum absolute atomic E-state index is 0. The van der Waals surface area contributed by atoms with Gasteiger partial charge in [-0.1, -0.05) is 49.9 Å². The molecule has 6 heteroatoms. The van der Waals surface area contributed by atoms with Gasteiger partial charge in [0.2, 0.25) is 0 Å². The van der Waals surface area contributed by atoms with Crippen LogP contribution in [0.5, 0.6) is 0 Å². The fraction of sp³-hybridized carbons (Fsp3) is 0.708. The van der Waals surface area contributed by atoms with Crippen molar-refractivity contribution >= 4 is 29.9 Å². The lowest BCUT2D eigenvalue weighted by molar-refractivity contribution is 0.221. The largest absolute Gasteiger partial charge is 0.356 e. The molecule has 1 heterocycles. The fourth-order valence-electron chi connectivity index (χ4n) is 3.83. The van der Waals surface area contributed by atoms with E-state index in [9.17, 15) is 0 Å². The highest BCUT2D eigenvalue weighted by Crippen LogP contribution is 2.13. The van der Waals surface area contributed by atoms with Crippen LogP contribution in [0.4, 0.5) is 0 Å². The molecule has 0 radical (unpaired) electrons. The van der Waals surface area contributed by atoms with Crippen molar-refractivity contribution in [2.24, 2.45) is 4.99 Å². The zero-order valence-corrected chi connectivity index (χ0v) is 21.8. The van der Waals surface area contributed by atoms with Crippen LogP contribution in [0, 0.1) is 0 Å². The molecule has 0 aliphatic carbocycles. The lowest BCUT2D eigenvalue weighted by Crippen LogP contribution is -2.37. The fourth-order valence-corrected chi connectivity index (χ4v) is 3.83. The van der Waals surface area contributed by atoms with Crippen LogP contribution in [-0.2, 0) is 13.1 Å². The third-order valence-corrected chi connectivity index (χ3v) is 5.64. The zero-order chi connectivity index (χ0) is 20.7. The van der Waals surface area contributed by atoms with Crippen molar-refractivity contribution in [2.75, 3.05) is 47.3 Å². The van der Waals surface area contributed by atoms with E-state index in [1.165, 1.54) is 82.1 Å². The van der Waals surface area contributed by atoms with Crippen molar-refractivity contribution in [1.82, 2.24) is 20.4 Å². The molecular weight excluding hydrogens is 485 g/mol. The minimum atomic E-state index is 0. The van der Waals surface area contributed by atoms with Gasteiger partial charge in [-0.25, -0.2) is 0 Å². The summed E-state index contributed by atoms with van der Waals surface area (Å²) in [6.07, 6.45) is 10.6. The molecule has 0 atom stereocenters. The number of hydrogen-bond acceptors (Lipinski definition) is 3. The number of hydrogen-bond donors (Lipinski definition) is 2. The molecule has 5 nitrogen and oxygen atoms in total. The van der Waals surface area contributed by atoms with Gasteiger partial charge in [-0.05, 0) is 70.5 Å². The van der Waals surface area contributed by atoms with Gasteiger partial charge in [0.1, 0.15) is 0 Å². The number of nitrogens with zero attached hydrogens (tertiary/aromatic N) is 3. The first-order valence-electron chi connectivity index (χ1n) is 11.6. The van der Waals surface area contributed by atoms with Gasteiger partial charge in [-0.15, -0.1) is 24.0 Å². The number of piperidine rings is 1. The van der Waals surface area contributed by atoms with E-state index in [2.05, 4.69) is 63.8 Å². The van der Waals surface area contributed by atoms with Crippen LogP contribution in [0.1, 0.15) is 62.5 Å². The number of nitrogens with one attached hydrogen (secondary N) is 2. The van der Waals surface area contributed by atoms with Crippen LogP contribution >= 0.6 is 24.0 Å². The molecule has 0 unspecified atom stereocenters. The van der Waals surface area contributed by atoms with E-state index in [0.717, 1.165) is 25.6 Å². The Kier molecular flexibility index (Phi) is 15.2. The summed E-state index contributed by atoms with van der Waals surface area (Å²) in [5, 5.41) is 6.87. The Labute approximate surface area is 202 Å². The van der Waals surface area contributed by atoms with Crippen molar-refractivity contribution in [3.05, 3.63) is 35.4 Å². The second-order valence-corrected chi connectivity index (χ2v) is 8.58. The SMILES string of the molecule is CN=C(NCCCCCCCN(C)C)NCc1ccc(CN2CCCCC2)cc1.I. The zero-order valence-electron chi connectivity index (χ0n) is 19.5. The normalized spacial score (nSPS) is 15.1. The lowest BCUT2D eigenvalue weighted by Gasteiger charge is -2.26. The summed E-state index contributed by atoms with van der Waals surface area (Å²) in [5.41, 5.74) is 2.72. The van der Waals surface area contributed by atoms with Gasteiger partial charge in [0, 0.05) is 26.7 Å². The summed E-state index contributed by atoms with van der Waals surface area (Å²) in [6.45, 7) is 6.60. The van der Waals surface area contributed by atoms with Gasteiger partial charge >= 0.3 is 0 Å². The van der Waals surface area contributed by atoms with Crippen molar-refractivity contribution in [3.8, 4) is 0 Å². The molecule has 1 aromatic carbocycles. The monoisotopic (exact) mass is 529 g/mol. The first-order chi connectivity index (χ1) is 14.2. The van der Waals surface area contributed by atoms with Crippen LogP contribution in [0.15, 0.2) is 29.3 Å². The number of halogens is 1. The van der Waals surface area contributed by atoms with Crippen LogP contribution in [0.25, 0.3) is 0 Å². The number of guanidine groups is 1. The number of likely N-dealkylation sites (tertiary alicyclic amines) is 1. The Balaban J connectivity index is 0.00000450. The summed E-state index contributed by atoms with van der Waals surface area (Å²) >= 11 is 0. The van der Waals surface area contributed by atoms with E-state index < -0.39 is 0 Å². The van der Waals surface area contributed by atoms with Gasteiger partial charge < -0.3 is 15.5 Å². The third-order valence-electron chi connectivity index (χ3n) is 5.64. The Morgan fingerprint density at radius 1 is 0.900 bits per heavy atom. The average molecular weight is 530 g/mol. The van der Waals surface area contributed by atoms with Gasteiger partial charge in [-0.2, -0.15) is 0 Å². The molecule has 1 aromatic rings. The Bertz CT molecular complexity index is 567. The van der Waals surface area contributed by atoms with E-state index in [1.54, 1.807) is 0 Å². The van der Waals surface area contributed by atoms with Crippen LogP contribution < -0.4 is 10.6 Å². The van der Waals surface area contributed by atoms with E-state index in [1.807, 2.05) is 7.05 Å². The first kappa shape index (κ1) is 27.2. The van der Waals surface area contributed by atoms with E-state index in [0.29, 0.717) is 0 Å². The quantitative estimate of drug-likeness (QED) is 0.182. The maximum Gasteiger partial charge on any atom is 0.191 e. The van der Waals surface area contributed by atoms with Crippen molar-refractivity contribution in [3.63, 3.8) is 0 Å². The molecule has 0 aromatic heterocycles. The van der Waals surface area contributed by atoms with E-state index in [4.69, 9.17) is 0 Å². The molecule has 30 heavy (non-hydrogen) atoms. The highest BCUT2D eigenvalue weighted by molar-refractivity contribution is 14.0. The highest BCUT2D eigenvalue weighted by Gasteiger charge is 2.10. The summed E-state index contributed by atoms with van der Waals surface area (Å²) in [4.78, 5) is 9.18. The molecule has 0 saturated carbocycles. The van der Waals surface area contributed by atoms with Gasteiger partial charge in [-0.3, -0.25) is 9.89 Å². The predicted octanol–water partition coefficient (Wildman–Crippen LogP) is 4.47. The summed E-state index contributed by atoms with van der Waals surface area (Å²) in [6, 6.07) is 9.04. The van der Waals surface area contributed by atoms with Crippen LogP contribution in [-0.4, -0.2) is 63.1 Å². The van der Waals surface area contributed by atoms with Crippen molar-refractivity contribution in [1.29, 1.82) is 0 Å². The average Bonchev–Trinajstić information content (AvgIpc) is 2.73. The summed E-state index contributed by atoms with van der Waals surface area (Å²) in [7, 11) is 6.14. The van der Waals surface area contributed by atoms with Crippen LogP contribution in [0.3, 0.4) is 0 Å². The predicted molar refractivity (Wildman–Crippen MR) is 141 cm³/mol. The molecule has 0 amide bonds.